The van der Waals surface area contributed by atoms with Gasteiger partial charge < -0.3 is 10.0 Å². The minimum absolute atomic E-state index is 0.0337. The lowest BCUT2D eigenvalue weighted by atomic mass is 9.87. The van der Waals surface area contributed by atoms with E-state index in [0.717, 1.165) is 76.0 Å². The Kier molecular flexibility index (Phi) is 35.1. The molecule has 0 saturated carbocycles. The molecule has 1 amide bonds. The Morgan fingerprint density at radius 1 is 0.612 bits per heavy atom. The van der Waals surface area contributed by atoms with Gasteiger partial charge in [-0.2, -0.15) is 0 Å². The molecule has 0 aromatic heterocycles. The summed E-state index contributed by atoms with van der Waals surface area (Å²) in [5, 5.41) is 9.62. The van der Waals surface area contributed by atoms with E-state index in [1.165, 1.54) is 109 Å². The van der Waals surface area contributed by atoms with Gasteiger partial charge in [-0.1, -0.05) is 168 Å². The third-order valence-corrected chi connectivity index (χ3v) is 11.2. The first-order chi connectivity index (χ1) is 23.9. The quantitative estimate of drug-likeness (QED) is 0.0393. The van der Waals surface area contributed by atoms with Crippen LogP contribution in [-0.2, 0) is 9.59 Å². The van der Waals surface area contributed by atoms with Crippen LogP contribution in [0.1, 0.15) is 214 Å². The average molecular weight is 731 g/mol. The summed E-state index contributed by atoms with van der Waals surface area (Å²) in [5.41, 5.74) is 0. The number of hydrogen-bond acceptors (Lipinski definition) is 2. The molecule has 4 nitrogen and oxygen atoms in total. The molecule has 0 radical (unpaired) electrons. The van der Waals surface area contributed by atoms with E-state index in [2.05, 4.69) is 44.7 Å². The fourth-order valence-electron chi connectivity index (χ4n) is 7.24. The van der Waals surface area contributed by atoms with Gasteiger partial charge in [0.25, 0.3) is 0 Å². The van der Waals surface area contributed by atoms with E-state index in [-0.39, 0.29) is 30.3 Å². The number of halogens is 2. The number of carboxylic acid groups (broad SMARTS) is 1. The van der Waals surface area contributed by atoms with Crippen molar-refractivity contribution < 1.29 is 14.7 Å². The molecule has 0 rings (SSSR count). The molecule has 0 aliphatic carbocycles. The summed E-state index contributed by atoms with van der Waals surface area (Å²) in [6.07, 6.45) is 36.9. The monoisotopic (exact) mass is 730 g/mol. The summed E-state index contributed by atoms with van der Waals surface area (Å²) >= 11 is 11.7. The molecule has 0 bridgehead atoms. The van der Waals surface area contributed by atoms with Crippen LogP contribution in [0.5, 0.6) is 0 Å². The summed E-state index contributed by atoms with van der Waals surface area (Å²) in [5.74, 6) is 0.948. The van der Waals surface area contributed by atoms with Gasteiger partial charge in [-0.25, -0.2) is 0 Å². The van der Waals surface area contributed by atoms with Crippen molar-refractivity contribution in [3.05, 3.63) is 12.2 Å². The first kappa shape index (κ1) is 48.3. The molecule has 4 atom stereocenters. The number of unbranched alkanes of at least 4 members (excludes halogenated alkanes) is 20. The molecule has 4 unspecified atom stereocenters. The molecule has 0 aliphatic heterocycles. The van der Waals surface area contributed by atoms with E-state index < -0.39 is 5.97 Å². The van der Waals surface area contributed by atoms with Crippen LogP contribution in [-0.4, -0.2) is 45.7 Å². The summed E-state index contributed by atoms with van der Waals surface area (Å²) in [6.45, 7) is 9.09. The summed E-state index contributed by atoms with van der Waals surface area (Å²) < 4.78 is 0. The molecule has 6 heteroatoms. The van der Waals surface area contributed by atoms with Crippen molar-refractivity contribution in [2.24, 2.45) is 11.8 Å². The Balaban J connectivity index is 5.76. The van der Waals surface area contributed by atoms with E-state index in [1.807, 2.05) is 0 Å². The smallest absolute Gasteiger partial charge is 0.303 e. The predicted molar refractivity (Wildman–Crippen MR) is 216 cm³/mol. The number of carbonyl (C=O) groups excluding carboxylic acids is 1. The first-order valence-corrected chi connectivity index (χ1v) is 22.3. The van der Waals surface area contributed by atoms with Gasteiger partial charge in [0.15, 0.2) is 0 Å². The van der Waals surface area contributed by atoms with E-state index in [9.17, 15) is 14.7 Å². The second-order valence-electron chi connectivity index (χ2n) is 14.9. The van der Waals surface area contributed by atoms with Gasteiger partial charge in [-0.3, -0.25) is 9.59 Å². The van der Waals surface area contributed by atoms with Gasteiger partial charge in [-0.05, 0) is 57.3 Å². The van der Waals surface area contributed by atoms with Crippen molar-refractivity contribution in [3.8, 4) is 0 Å². The molecular weight excluding hydrogens is 649 g/mol. The Labute approximate surface area is 315 Å². The lowest BCUT2D eigenvalue weighted by Crippen LogP contribution is -2.51. The molecule has 290 valence electrons. The predicted octanol–water partition coefficient (Wildman–Crippen LogP) is 14.3. The number of alkyl halides is 2. The van der Waals surface area contributed by atoms with Gasteiger partial charge in [0, 0.05) is 30.3 Å². The van der Waals surface area contributed by atoms with Crippen molar-refractivity contribution in [2.45, 2.75) is 226 Å². The van der Waals surface area contributed by atoms with Crippen LogP contribution in [0, 0.1) is 11.8 Å². The largest absolute Gasteiger partial charge is 0.481 e. The Morgan fingerprint density at radius 3 is 1.55 bits per heavy atom. The van der Waals surface area contributed by atoms with Crippen LogP contribution < -0.4 is 0 Å². The molecule has 0 aromatic carbocycles. The number of nitrogens with zero attached hydrogens (tertiary/aromatic N) is 1. The van der Waals surface area contributed by atoms with Crippen LogP contribution in [0.25, 0.3) is 0 Å². The highest BCUT2D eigenvalue weighted by atomic mass is 35.5. The molecule has 0 spiro atoms. The highest BCUT2D eigenvalue weighted by Crippen LogP contribution is 2.30. The standard InChI is InChI=1S/C43H81Cl2NO3/c1-5-8-9-10-11-16-21-26-31-39(34-35-42(47)48)43(49)46(40(7-3)32-27-22-17-15-20-25-30-37-45)41(38(4)6-2)33-28-23-18-13-12-14-19-24-29-36-44/h26,31,38-41H,5-25,27-30,32-37H2,1-4H3,(H,47,48)/b31-26+. The topological polar surface area (TPSA) is 57.6 Å². The van der Waals surface area contributed by atoms with Crippen LogP contribution in [0.15, 0.2) is 12.2 Å². The van der Waals surface area contributed by atoms with E-state index >= 15 is 0 Å². The van der Waals surface area contributed by atoms with Gasteiger partial charge in [0.05, 0.1) is 5.92 Å². The van der Waals surface area contributed by atoms with E-state index in [4.69, 9.17) is 23.2 Å². The SMILES string of the molecule is CCCCCCCC/C=C/C(CCC(=O)O)C(=O)N(C(CC)CCCCCCCCCCl)C(CCCCCCCCCCCCl)C(C)CC. The maximum Gasteiger partial charge on any atom is 0.303 e. The fourth-order valence-corrected chi connectivity index (χ4v) is 7.62. The van der Waals surface area contributed by atoms with Crippen molar-refractivity contribution in [3.63, 3.8) is 0 Å². The maximum atomic E-state index is 14.7. The minimum Gasteiger partial charge on any atom is -0.481 e. The third kappa shape index (κ3) is 26.7. The van der Waals surface area contributed by atoms with Gasteiger partial charge in [-0.15, -0.1) is 23.2 Å². The zero-order valence-electron chi connectivity index (χ0n) is 32.9. The summed E-state index contributed by atoms with van der Waals surface area (Å²) in [4.78, 5) is 28.8. The van der Waals surface area contributed by atoms with Gasteiger partial charge in [0.1, 0.15) is 0 Å². The zero-order valence-corrected chi connectivity index (χ0v) is 34.4. The Hall–Kier alpha value is -0.740. The highest BCUT2D eigenvalue weighted by molar-refractivity contribution is 6.18. The number of amides is 1. The Bertz CT molecular complexity index is 776. The van der Waals surface area contributed by atoms with Crippen molar-refractivity contribution >= 4 is 35.1 Å². The van der Waals surface area contributed by atoms with Crippen molar-refractivity contribution in [1.29, 1.82) is 0 Å². The molecule has 0 aromatic rings. The molecular formula is C43H81Cl2NO3. The first-order valence-electron chi connectivity index (χ1n) is 21.2. The average Bonchev–Trinajstić information content (AvgIpc) is 3.10. The fraction of sp³-hybridized carbons (Fsp3) is 0.907. The van der Waals surface area contributed by atoms with Crippen LogP contribution in [0.2, 0.25) is 0 Å². The van der Waals surface area contributed by atoms with E-state index in [0.29, 0.717) is 12.3 Å². The normalized spacial score (nSPS) is 14.2. The van der Waals surface area contributed by atoms with E-state index in [1.54, 1.807) is 0 Å². The number of carboxylic acids is 1. The van der Waals surface area contributed by atoms with Crippen molar-refractivity contribution in [2.75, 3.05) is 11.8 Å². The van der Waals surface area contributed by atoms with Crippen molar-refractivity contribution in [1.82, 2.24) is 4.90 Å². The Morgan fingerprint density at radius 2 is 1.08 bits per heavy atom. The van der Waals surface area contributed by atoms with Gasteiger partial charge >= 0.3 is 5.97 Å². The minimum atomic E-state index is -0.815. The molecule has 49 heavy (non-hydrogen) atoms. The second-order valence-corrected chi connectivity index (χ2v) is 15.7. The summed E-state index contributed by atoms with van der Waals surface area (Å²) in [7, 11) is 0. The molecule has 0 saturated heterocycles. The maximum absolute atomic E-state index is 14.7. The number of rotatable bonds is 37. The number of carbonyl (C=O) groups is 2. The molecule has 1 N–H and O–H groups in total. The van der Waals surface area contributed by atoms with Gasteiger partial charge in [0.2, 0.25) is 5.91 Å². The number of allylic oxidation sites excluding steroid dienone is 1. The lowest BCUT2D eigenvalue weighted by molar-refractivity contribution is -0.142. The zero-order chi connectivity index (χ0) is 36.4. The molecule has 0 fully saturated rings. The molecule has 0 aliphatic rings. The van der Waals surface area contributed by atoms with Crippen LogP contribution in [0.4, 0.5) is 0 Å². The third-order valence-electron chi connectivity index (χ3n) is 10.7. The number of aliphatic carboxylic acids is 1. The van der Waals surface area contributed by atoms with Crippen LogP contribution in [0.3, 0.4) is 0 Å². The lowest BCUT2D eigenvalue weighted by Gasteiger charge is -2.43. The second kappa shape index (κ2) is 35.7. The molecule has 0 heterocycles. The van der Waals surface area contributed by atoms with Crippen LogP contribution >= 0.6 is 23.2 Å². The summed E-state index contributed by atoms with van der Waals surface area (Å²) in [6, 6.07) is 0.405. The number of hydrogen-bond donors (Lipinski definition) is 1. The highest BCUT2D eigenvalue weighted by Gasteiger charge is 2.35.